The average Bonchev–Trinajstić information content (AvgIpc) is 2.43. The van der Waals surface area contributed by atoms with Crippen LogP contribution in [0.3, 0.4) is 0 Å². The molecule has 114 valence electrons. The van der Waals surface area contributed by atoms with Gasteiger partial charge in [-0.2, -0.15) is 0 Å². The molecule has 0 aliphatic heterocycles. The molecule has 2 amide bonds. The van der Waals surface area contributed by atoms with Crippen molar-refractivity contribution in [2.45, 2.75) is 6.92 Å². The summed E-state index contributed by atoms with van der Waals surface area (Å²) in [4.78, 5) is 22.1. The van der Waals surface area contributed by atoms with E-state index in [0.717, 1.165) is 18.1 Å². The lowest BCUT2D eigenvalue weighted by Crippen LogP contribution is -2.41. The Labute approximate surface area is 123 Å². The molecule has 7 nitrogen and oxygen atoms in total. The molecule has 8 heteroatoms. The first kappa shape index (κ1) is 16.7. The molecule has 0 unspecified atom stereocenters. The number of benzene rings is 1. The zero-order valence-electron chi connectivity index (χ0n) is 11.6. The van der Waals surface area contributed by atoms with Gasteiger partial charge in [-0.05, 0) is 18.6 Å². The maximum Gasteiger partial charge on any atom is 0.329 e. The zero-order chi connectivity index (χ0) is 15.9. The van der Waals surface area contributed by atoms with E-state index in [1.165, 1.54) is 6.08 Å². The Morgan fingerprint density at radius 1 is 1.24 bits per heavy atom. The maximum absolute atomic E-state index is 11.6. The Kier molecular flexibility index (Phi) is 5.92. The zero-order valence-corrected chi connectivity index (χ0v) is 12.4. The molecule has 0 fully saturated rings. The van der Waals surface area contributed by atoms with Crippen LogP contribution in [0.2, 0.25) is 0 Å². The highest BCUT2D eigenvalue weighted by Crippen LogP contribution is 2.05. The lowest BCUT2D eigenvalue weighted by atomic mass is 10.2. The van der Waals surface area contributed by atoms with Gasteiger partial charge in [0.25, 0.3) is 10.0 Å². The van der Waals surface area contributed by atoms with E-state index in [2.05, 4.69) is 10.1 Å². The molecule has 0 heterocycles. The summed E-state index contributed by atoms with van der Waals surface area (Å²) in [6.07, 6.45) is 1.36. The van der Waals surface area contributed by atoms with Crippen molar-refractivity contribution in [1.29, 1.82) is 0 Å². The quantitative estimate of drug-likeness (QED) is 0.782. The number of ether oxygens (including phenoxy) is 1. The summed E-state index contributed by atoms with van der Waals surface area (Å²) in [5.41, 5.74) is 1.73. The highest BCUT2D eigenvalue weighted by molar-refractivity contribution is 7.93. The highest BCUT2D eigenvalue weighted by atomic mass is 32.2. The van der Waals surface area contributed by atoms with E-state index in [1.54, 1.807) is 16.9 Å². The van der Waals surface area contributed by atoms with Crippen molar-refractivity contribution < 1.29 is 22.7 Å². The lowest BCUT2D eigenvalue weighted by molar-refractivity contribution is -0.139. The van der Waals surface area contributed by atoms with Crippen LogP contribution in [0.4, 0.5) is 4.79 Å². The van der Waals surface area contributed by atoms with Crippen LogP contribution in [0.5, 0.6) is 0 Å². The molecule has 2 N–H and O–H groups in total. The third-order valence-corrected chi connectivity index (χ3v) is 3.34. The first-order valence-electron chi connectivity index (χ1n) is 5.94. The molecule has 0 bridgehead atoms. The molecule has 0 saturated heterocycles. The topological polar surface area (TPSA) is 102 Å². The second-order valence-electron chi connectivity index (χ2n) is 4.12. The van der Waals surface area contributed by atoms with Crippen LogP contribution in [0, 0.1) is 6.92 Å². The summed E-state index contributed by atoms with van der Waals surface area (Å²) in [5, 5.41) is 2.93. The van der Waals surface area contributed by atoms with Gasteiger partial charge in [0.05, 0.1) is 12.5 Å². The number of urea groups is 1. The largest absolute Gasteiger partial charge is 0.468 e. The smallest absolute Gasteiger partial charge is 0.329 e. The van der Waals surface area contributed by atoms with Crippen molar-refractivity contribution >= 4 is 28.1 Å². The van der Waals surface area contributed by atoms with Crippen LogP contribution in [-0.2, 0) is 19.6 Å². The van der Waals surface area contributed by atoms with E-state index in [-0.39, 0.29) is 0 Å². The second kappa shape index (κ2) is 7.44. The molecular formula is C13H16N2O5S. The molecule has 0 aromatic heterocycles. The van der Waals surface area contributed by atoms with Crippen molar-refractivity contribution in [2.75, 3.05) is 13.7 Å². The number of carbonyl (C=O) groups is 2. The minimum absolute atomic E-state index is 0.417. The molecule has 1 rings (SSSR count). The van der Waals surface area contributed by atoms with E-state index >= 15 is 0 Å². The normalized spacial score (nSPS) is 11.1. The molecule has 1 aromatic rings. The number of hydrogen-bond donors (Lipinski definition) is 2. The molecule has 0 spiro atoms. The minimum Gasteiger partial charge on any atom is -0.468 e. The van der Waals surface area contributed by atoms with Crippen LogP contribution in [0.15, 0.2) is 29.7 Å². The van der Waals surface area contributed by atoms with E-state index in [4.69, 9.17) is 0 Å². The van der Waals surface area contributed by atoms with Gasteiger partial charge in [0, 0.05) is 0 Å². The van der Waals surface area contributed by atoms with E-state index in [1.807, 2.05) is 19.1 Å². The number of amides is 2. The van der Waals surface area contributed by atoms with Crippen molar-refractivity contribution in [3.8, 4) is 0 Å². The van der Waals surface area contributed by atoms with Gasteiger partial charge in [0.15, 0.2) is 0 Å². The van der Waals surface area contributed by atoms with Crippen molar-refractivity contribution in [2.24, 2.45) is 0 Å². The summed E-state index contributed by atoms with van der Waals surface area (Å²) in [6.45, 7) is 1.50. The number of nitrogens with one attached hydrogen (secondary N) is 2. The summed E-state index contributed by atoms with van der Waals surface area (Å²) < 4.78 is 29.3. The van der Waals surface area contributed by atoms with Crippen LogP contribution in [0.25, 0.3) is 6.08 Å². The molecule has 0 atom stereocenters. The molecule has 1 aromatic carbocycles. The number of methoxy groups -OCH3 is 1. The highest BCUT2D eigenvalue weighted by Gasteiger charge is 2.11. The third-order valence-electron chi connectivity index (χ3n) is 2.37. The van der Waals surface area contributed by atoms with Gasteiger partial charge in [-0.1, -0.05) is 29.8 Å². The van der Waals surface area contributed by atoms with Gasteiger partial charge in [-0.15, -0.1) is 0 Å². The van der Waals surface area contributed by atoms with Gasteiger partial charge in [0.2, 0.25) is 0 Å². The number of esters is 1. The van der Waals surface area contributed by atoms with Crippen molar-refractivity contribution in [1.82, 2.24) is 10.0 Å². The SMILES string of the molecule is COC(=O)CNC(=O)NS(=O)(=O)/C=C/c1ccc(C)cc1. The Bertz CT molecular complexity index is 635. The number of carbonyl (C=O) groups excluding carboxylic acids is 2. The van der Waals surface area contributed by atoms with Gasteiger partial charge in [-0.3, -0.25) is 4.79 Å². The summed E-state index contributed by atoms with van der Waals surface area (Å²) in [6, 6.07) is 6.16. The molecule has 0 aliphatic carbocycles. The van der Waals surface area contributed by atoms with Crippen LogP contribution in [0.1, 0.15) is 11.1 Å². The molecule has 0 aliphatic rings. The summed E-state index contributed by atoms with van der Waals surface area (Å²) in [7, 11) is -2.78. The number of rotatable bonds is 5. The predicted molar refractivity (Wildman–Crippen MR) is 77.7 cm³/mol. The fourth-order valence-electron chi connectivity index (χ4n) is 1.27. The number of aryl methyl sites for hydroxylation is 1. The molecule has 21 heavy (non-hydrogen) atoms. The summed E-state index contributed by atoms with van der Waals surface area (Å²) in [5.74, 6) is -0.683. The van der Waals surface area contributed by atoms with Gasteiger partial charge in [-0.25, -0.2) is 17.9 Å². The van der Waals surface area contributed by atoms with Crippen LogP contribution >= 0.6 is 0 Å². The predicted octanol–water partition coefficient (Wildman–Crippen LogP) is 0.768. The van der Waals surface area contributed by atoms with E-state index < -0.39 is 28.6 Å². The Morgan fingerprint density at radius 3 is 2.43 bits per heavy atom. The molecular weight excluding hydrogens is 296 g/mol. The van der Waals surface area contributed by atoms with Crippen LogP contribution < -0.4 is 10.0 Å². The Morgan fingerprint density at radius 2 is 1.86 bits per heavy atom. The monoisotopic (exact) mass is 312 g/mol. The molecule has 0 saturated carbocycles. The standard InChI is InChI=1S/C13H16N2O5S/c1-10-3-5-11(6-4-10)7-8-21(18,19)15-13(17)14-9-12(16)20-2/h3-8H,9H2,1-2H3,(H2,14,15,17)/b8-7+. The first-order chi connectivity index (χ1) is 9.82. The Balaban J connectivity index is 2.59. The first-order valence-corrected chi connectivity index (χ1v) is 7.49. The van der Waals surface area contributed by atoms with Gasteiger partial charge >= 0.3 is 12.0 Å². The van der Waals surface area contributed by atoms with Gasteiger partial charge in [0.1, 0.15) is 6.54 Å². The maximum atomic E-state index is 11.6. The number of hydrogen-bond acceptors (Lipinski definition) is 5. The minimum atomic E-state index is -3.94. The van der Waals surface area contributed by atoms with Crippen LogP contribution in [-0.4, -0.2) is 34.1 Å². The second-order valence-corrected chi connectivity index (χ2v) is 5.69. The van der Waals surface area contributed by atoms with Gasteiger partial charge < -0.3 is 10.1 Å². The average molecular weight is 312 g/mol. The van der Waals surface area contributed by atoms with Crippen molar-refractivity contribution in [3.63, 3.8) is 0 Å². The fraction of sp³-hybridized carbons (Fsp3) is 0.231. The number of sulfonamides is 1. The molecule has 0 radical (unpaired) electrons. The lowest BCUT2D eigenvalue weighted by Gasteiger charge is -2.05. The van der Waals surface area contributed by atoms with Crippen molar-refractivity contribution in [3.05, 3.63) is 40.8 Å². The van der Waals surface area contributed by atoms with E-state index in [0.29, 0.717) is 5.56 Å². The van der Waals surface area contributed by atoms with E-state index in [9.17, 15) is 18.0 Å². The Hall–Kier alpha value is -2.35. The fourth-order valence-corrected chi connectivity index (χ4v) is 2.00. The summed E-state index contributed by atoms with van der Waals surface area (Å²) >= 11 is 0. The third kappa shape index (κ3) is 6.57.